The fourth-order valence-electron chi connectivity index (χ4n) is 6.91. The van der Waals surface area contributed by atoms with Crippen LogP contribution in [-0.4, -0.2) is 56.4 Å². The van der Waals surface area contributed by atoms with Gasteiger partial charge in [-0.05, 0) is 93.1 Å². The molecule has 0 bridgehead atoms. The first-order chi connectivity index (χ1) is 23.7. The first-order valence-electron chi connectivity index (χ1n) is 16.9. The third-order valence-corrected chi connectivity index (χ3v) is 11.6. The monoisotopic (exact) mass is 696 g/mol. The van der Waals surface area contributed by atoms with Gasteiger partial charge in [-0.15, -0.1) is 5.10 Å². The summed E-state index contributed by atoms with van der Waals surface area (Å²) in [6.45, 7) is 13.0. The summed E-state index contributed by atoms with van der Waals surface area (Å²) in [5, 5.41) is 12.1. The summed E-state index contributed by atoms with van der Waals surface area (Å²) in [4.78, 5) is 26.0. The first-order valence-corrected chi connectivity index (χ1v) is 18.4. The lowest BCUT2D eigenvalue weighted by atomic mass is 9.74. The number of nitrogens with zero attached hydrogens (tertiary/aromatic N) is 5. The number of benzene rings is 3. The Morgan fingerprint density at radius 3 is 2.54 bits per heavy atom. The van der Waals surface area contributed by atoms with E-state index in [1.54, 1.807) is 31.3 Å². The molecular weight excluding hydrogens is 653 g/mol. The summed E-state index contributed by atoms with van der Waals surface area (Å²) in [6.07, 6.45) is 1.87. The van der Waals surface area contributed by atoms with Crippen LogP contribution in [0.1, 0.15) is 78.2 Å². The molecule has 11 nitrogen and oxygen atoms in total. The number of pyridine rings is 1. The number of carbonyl (C=O) groups is 1. The Morgan fingerprint density at radius 1 is 1.06 bits per heavy atom. The number of hydrogen-bond donors (Lipinski definition) is 1. The van der Waals surface area contributed by atoms with Gasteiger partial charge < -0.3 is 14.6 Å². The summed E-state index contributed by atoms with van der Waals surface area (Å²) in [5.74, 6) is -0.338. The summed E-state index contributed by atoms with van der Waals surface area (Å²) >= 11 is 0. The second-order valence-corrected chi connectivity index (χ2v) is 15.5. The SMILES string of the molecule is CC[C@@H]1CN(Cc2cc(C(c3ccc4c(nnn4CC)c3C)C(C)(C)NC(=O)c3ccc(=O)n(C)c3)ccc2C)S(=O)(=O)c2ccccc2O1. The summed E-state index contributed by atoms with van der Waals surface area (Å²) < 4.78 is 39.0. The molecule has 2 aromatic heterocycles. The molecule has 1 N–H and O–H groups in total. The summed E-state index contributed by atoms with van der Waals surface area (Å²) in [7, 11) is -2.25. The van der Waals surface area contributed by atoms with Crippen molar-refractivity contribution in [1.82, 2.24) is 29.2 Å². The molecule has 1 aliphatic rings. The molecule has 5 aromatic rings. The molecule has 1 aliphatic heterocycles. The molecule has 3 heterocycles. The predicted octanol–water partition coefficient (Wildman–Crippen LogP) is 5.47. The second kappa shape index (κ2) is 13.5. The van der Waals surface area contributed by atoms with E-state index in [9.17, 15) is 18.0 Å². The number of para-hydroxylation sites is 1. The number of fused-ring (bicyclic) bond motifs is 2. The third kappa shape index (κ3) is 6.45. The van der Waals surface area contributed by atoms with E-state index in [-0.39, 0.29) is 41.5 Å². The van der Waals surface area contributed by atoms with E-state index in [4.69, 9.17) is 4.74 Å². The van der Waals surface area contributed by atoms with Gasteiger partial charge in [0.25, 0.3) is 5.91 Å². The average molecular weight is 697 g/mol. The highest BCUT2D eigenvalue weighted by Gasteiger charge is 2.37. The fourth-order valence-corrected chi connectivity index (χ4v) is 8.49. The molecule has 0 aliphatic carbocycles. The van der Waals surface area contributed by atoms with Crippen LogP contribution in [0.3, 0.4) is 0 Å². The fraction of sp³-hybridized carbons (Fsp3) is 0.368. The van der Waals surface area contributed by atoms with Gasteiger partial charge in [-0.25, -0.2) is 13.1 Å². The molecular formula is C38H44N6O5S. The Morgan fingerprint density at radius 2 is 1.82 bits per heavy atom. The van der Waals surface area contributed by atoms with Gasteiger partial charge in [0.05, 0.1) is 17.6 Å². The summed E-state index contributed by atoms with van der Waals surface area (Å²) in [6, 6.07) is 19.9. The molecule has 1 amide bonds. The molecule has 50 heavy (non-hydrogen) atoms. The normalized spacial score (nSPS) is 16.7. The number of ether oxygens (including phenoxy) is 1. The van der Waals surface area contributed by atoms with Crippen LogP contribution in [0.25, 0.3) is 11.0 Å². The standard InChI is InChI=1S/C38H44N6O5S/c1-8-29-23-43(50(47,48)33-13-11-10-12-32(33)49-29)22-28-20-26(15-14-24(28)3)35(30-17-18-31-36(25(30)4)40-41-44(31)9-2)38(5,6)39-37(46)27-16-19-34(45)42(7)21-27/h10-21,29,35H,8-9,22-23H2,1-7H3,(H,39,46)/t29-,35?/m1/s1. The largest absolute Gasteiger partial charge is 0.488 e. The zero-order valence-corrected chi connectivity index (χ0v) is 30.4. The Kier molecular flexibility index (Phi) is 9.45. The molecule has 0 saturated carbocycles. The van der Waals surface area contributed by atoms with Crippen LogP contribution in [0.15, 0.2) is 82.6 Å². The Labute approximate surface area is 292 Å². The Balaban J connectivity index is 1.45. The number of hydrogen-bond acceptors (Lipinski definition) is 7. The van der Waals surface area contributed by atoms with Crippen LogP contribution >= 0.6 is 0 Å². The molecule has 262 valence electrons. The van der Waals surface area contributed by atoms with Gasteiger partial charge >= 0.3 is 0 Å². The van der Waals surface area contributed by atoms with Crippen molar-refractivity contribution in [2.75, 3.05) is 6.54 Å². The van der Waals surface area contributed by atoms with E-state index in [2.05, 4.69) is 27.8 Å². The van der Waals surface area contributed by atoms with E-state index < -0.39 is 15.6 Å². The van der Waals surface area contributed by atoms with Crippen molar-refractivity contribution in [3.05, 3.63) is 117 Å². The molecule has 0 spiro atoms. The van der Waals surface area contributed by atoms with Crippen LogP contribution < -0.4 is 15.6 Å². The van der Waals surface area contributed by atoms with E-state index in [1.807, 2.05) is 64.4 Å². The van der Waals surface area contributed by atoms with Gasteiger partial charge in [0.1, 0.15) is 22.3 Å². The molecule has 6 rings (SSSR count). The topological polar surface area (TPSA) is 128 Å². The number of sulfonamides is 1. The maximum absolute atomic E-state index is 14.1. The number of amides is 1. The number of nitrogens with one attached hydrogen (secondary N) is 1. The van der Waals surface area contributed by atoms with Gasteiger partial charge in [0.15, 0.2) is 0 Å². The van der Waals surface area contributed by atoms with Crippen molar-refractivity contribution in [1.29, 1.82) is 0 Å². The number of carbonyl (C=O) groups excluding carboxylic acids is 1. The minimum Gasteiger partial charge on any atom is -0.488 e. The van der Waals surface area contributed by atoms with Gasteiger partial charge in [-0.1, -0.05) is 48.5 Å². The molecule has 3 aromatic carbocycles. The molecule has 12 heteroatoms. The number of rotatable bonds is 9. The Hall–Kier alpha value is -4.81. The predicted molar refractivity (Wildman–Crippen MR) is 193 cm³/mol. The minimum atomic E-state index is -3.87. The van der Waals surface area contributed by atoms with Crippen LogP contribution in [-0.2, 0) is 30.2 Å². The zero-order chi connectivity index (χ0) is 36.0. The van der Waals surface area contributed by atoms with Crippen molar-refractivity contribution < 1.29 is 17.9 Å². The van der Waals surface area contributed by atoms with E-state index in [1.165, 1.54) is 27.2 Å². The molecule has 0 radical (unpaired) electrons. The van der Waals surface area contributed by atoms with Gasteiger partial charge in [0, 0.05) is 43.9 Å². The van der Waals surface area contributed by atoms with E-state index >= 15 is 0 Å². The molecule has 0 saturated heterocycles. The average Bonchev–Trinajstić information content (AvgIpc) is 3.47. The van der Waals surface area contributed by atoms with E-state index in [0.29, 0.717) is 24.3 Å². The van der Waals surface area contributed by atoms with Crippen LogP contribution in [0.5, 0.6) is 5.75 Å². The van der Waals surface area contributed by atoms with Crippen LogP contribution in [0.4, 0.5) is 0 Å². The smallest absolute Gasteiger partial charge is 0.253 e. The highest BCUT2D eigenvalue weighted by molar-refractivity contribution is 7.89. The van der Waals surface area contributed by atoms with Crippen LogP contribution in [0, 0.1) is 13.8 Å². The third-order valence-electron chi connectivity index (χ3n) is 9.77. The minimum absolute atomic E-state index is 0.149. The van der Waals surface area contributed by atoms with Crippen molar-refractivity contribution in [2.24, 2.45) is 7.05 Å². The molecule has 1 unspecified atom stereocenters. The zero-order valence-electron chi connectivity index (χ0n) is 29.6. The number of aromatic nitrogens is 4. The second-order valence-electron chi connectivity index (χ2n) is 13.6. The van der Waals surface area contributed by atoms with Gasteiger partial charge in [-0.2, -0.15) is 4.31 Å². The van der Waals surface area contributed by atoms with Crippen LogP contribution in [0.2, 0.25) is 0 Å². The van der Waals surface area contributed by atoms with Gasteiger partial charge in [-0.3, -0.25) is 9.59 Å². The molecule has 0 fully saturated rings. The van der Waals surface area contributed by atoms with Crippen molar-refractivity contribution in [2.45, 2.75) is 83.5 Å². The van der Waals surface area contributed by atoms with Crippen molar-refractivity contribution in [3.63, 3.8) is 0 Å². The summed E-state index contributed by atoms with van der Waals surface area (Å²) in [5.41, 5.74) is 5.57. The maximum Gasteiger partial charge on any atom is 0.253 e. The lowest BCUT2D eigenvalue weighted by Gasteiger charge is -2.37. The first kappa shape index (κ1) is 35.0. The van der Waals surface area contributed by atoms with Crippen molar-refractivity contribution in [3.8, 4) is 5.75 Å². The van der Waals surface area contributed by atoms with E-state index in [0.717, 1.165) is 38.9 Å². The Bertz CT molecular complexity index is 2260. The molecule has 2 atom stereocenters. The highest BCUT2D eigenvalue weighted by atomic mass is 32.2. The lowest BCUT2D eigenvalue weighted by molar-refractivity contribution is 0.0905. The van der Waals surface area contributed by atoms with Crippen molar-refractivity contribution >= 4 is 27.0 Å². The maximum atomic E-state index is 14.1. The quantitative estimate of drug-likeness (QED) is 0.217. The number of aryl methyl sites for hydroxylation is 4. The highest BCUT2D eigenvalue weighted by Crippen LogP contribution is 2.40. The van der Waals surface area contributed by atoms with Gasteiger partial charge in [0.2, 0.25) is 15.6 Å². The lowest BCUT2D eigenvalue weighted by Crippen LogP contribution is -2.48.